The van der Waals surface area contributed by atoms with Gasteiger partial charge in [-0.15, -0.1) is 0 Å². The van der Waals surface area contributed by atoms with Crippen LogP contribution >= 0.6 is 0 Å². The maximum Gasteiger partial charge on any atom is 0.165 e. The summed E-state index contributed by atoms with van der Waals surface area (Å²) < 4.78 is 0. The zero-order valence-corrected chi connectivity index (χ0v) is 9.46. The Labute approximate surface area is 99.9 Å². The minimum atomic E-state index is 0.255. The monoisotopic (exact) mass is 224 g/mol. The molecule has 17 heavy (non-hydrogen) atoms. The van der Waals surface area contributed by atoms with Gasteiger partial charge in [0.15, 0.2) is 5.69 Å². The van der Waals surface area contributed by atoms with Crippen molar-refractivity contribution in [3.63, 3.8) is 0 Å². The summed E-state index contributed by atoms with van der Waals surface area (Å²) in [6, 6.07) is 15.3. The molecule has 2 rings (SSSR count). The number of para-hydroxylation sites is 1. The van der Waals surface area contributed by atoms with Crippen LogP contribution in [-0.4, -0.2) is 12.0 Å². The summed E-state index contributed by atoms with van der Waals surface area (Å²) in [7, 11) is 1.90. The molecule has 0 radical (unpaired) electrons. The van der Waals surface area contributed by atoms with Crippen molar-refractivity contribution in [1.82, 2.24) is 4.98 Å². The minimum absolute atomic E-state index is 0.255. The fraction of sp³-hybridized carbons (Fsp3) is 0.0769. The van der Waals surface area contributed by atoms with Gasteiger partial charge in [0.2, 0.25) is 0 Å². The first kappa shape index (κ1) is 11.0. The normalized spacial score (nSPS) is 9.65. The molecule has 0 spiro atoms. The number of pyridine rings is 1. The van der Waals surface area contributed by atoms with E-state index >= 15 is 0 Å². The summed E-state index contributed by atoms with van der Waals surface area (Å²) in [5.41, 5.74) is 7.30. The smallest absolute Gasteiger partial charge is 0.165 e. The van der Waals surface area contributed by atoms with Gasteiger partial charge in [0.1, 0.15) is 11.9 Å². The predicted molar refractivity (Wildman–Crippen MR) is 67.9 cm³/mol. The molecule has 4 nitrogen and oxygen atoms in total. The molecule has 0 aliphatic heterocycles. The second kappa shape index (κ2) is 4.54. The van der Waals surface area contributed by atoms with Crippen molar-refractivity contribution in [2.24, 2.45) is 0 Å². The third-order valence-corrected chi connectivity index (χ3v) is 2.50. The Kier molecular flexibility index (Phi) is 2.93. The van der Waals surface area contributed by atoms with Crippen LogP contribution in [0.2, 0.25) is 0 Å². The highest BCUT2D eigenvalue weighted by atomic mass is 15.2. The van der Waals surface area contributed by atoms with Crippen LogP contribution in [0.1, 0.15) is 5.69 Å². The van der Waals surface area contributed by atoms with Crippen molar-refractivity contribution in [3.05, 3.63) is 48.2 Å². The van der Waals surface area contributed by atoms with Gasteiger partial charge >= 0.3 is 0 Å². The molecule has 2 aromatic rings. The molecule has 0 saturated heterocycles. The van der Waals surface area contributed by atoms with Crippen molar-refractivity contribution in [2.45, 2.75) is 0 Å². The quantitative estimate of drug-likeness (QED) is 0.850. The first-order valence-corrected chi connectivity index (χ1v) is 5.18. The lowest BCUT2D eigenvalue weighted by Crippen LogP contribution is -2.12. The van der Waals surface area contributed by atoms with Gasteiger partial charge in [0, 0.05) is 12.7 Å². The fourth-order valence-corrected chi connectivity index (χ4v) is 1.52. The lowest BCUT2D eigenvalue weighted by atomic mass is 10.2. The van der Waals surface area contributed by atoms with E-state index < -0.39 is 0 Å². The standard InChI is InChI=1S/C13H12N4/c1-17(10-5-3-2-4-6-10)13-8-7-11(15)12(9-14)16-13/h2-8H,15H2,1H3. The van der Waals surface area contributed by atoms with Crippen molar-refractivity contribution in [2.75, 3.05) is 17.7 Å². The molecule has 1 aromatic heterocycles. The van der Waals surface area contributed by atoms with Crippen LogP contribution in [0.15, 0.2) is 42.5 Å². The molecule has 0 atom stereocenters. The van der Waals surface area contributed by atoms with Gasteiger partial charge in [0.05, 0.1) is 5.69 Å². The molecule has 0 aliphatic carbocycles. The molecular formula is C13H12N4. The van der Waals surface area contributed by atoms with Crippen molar-refractivity contribution in [3.8, 4) is 6.07 Å². The van der Waals surface area contributed by atoms with Crippen LogP contribution in [0.4, 0.5) is 17.2 Å². The summed E-state index contributed by atoms with van der Waals surface area (Å²) in [5.74, 6) is 0.696. The number of benzene rings is 1. The highest BCUT2D eigenvalue weighted by molar-refractivity contribution is 5.62. The minimum Gasteiger partial charge on any atom is -0.396 e. The fourth-order valence-electron chi connectivity index (χ4n) is 1.52. The largest absolute Gasteiger partial charge is 0.396 e. The van der Waals surface area contributed by atoms with E-state index in [9.17, 15) is 0 Å². The first-order valence-electron chi connectivity index (χ1n) is 5.18. The summed E-state index contributed by atoms with van der Waals surface area (Å²) in [6.07, 6.45) is 0. The summed E-state index contributed by atoms with van der Waals surface area (Å²) in [4.78, 5) is 6.11. The van der Waals surface area contributed by atoms with E-state index in [0.29, 0.717) is 11.5 Å². The van der Waals surface area contributed by atoms with E-state index in [0.717, 1.165) is 5.69 Å². The molecule has 1 aromatic carbocycles. The molecule has 0 amide bonds. The van der Waals surface area contributed by atoms with Crippen molar-refractivity contribution < 1.29 is 0 Å². The number of nitrogen functional groups attached to an aromatic ring is 1. The van der Waals surface area contributed by atoms with E-state index in [1.807, 2.05) is 48.3 Å². The lowest BCUT2D eigenvalue weighted by Gasteiger charge is -2.18. The van der Waals surface area contributed by atoms with Crippen molar-refractivity contribution in [1.29, 1.82) is 5.26 Å². The van der Waals surface area contributed by atoms with E-state index in [4.69, 9.17) is 11.0 Å². The Hall–Kier alpha value is -2.54. The zero-order chi connectivity index (χ0) is 12.3. The number of aromatic nitrogens is 1. The van der Waals surface area contributed by atoms with E-state index in [1.54, 1.807) is 12.1 Å². The summed E-state index contributed by atoms with van der Waals surface area (Å²) >= 11 is 0. The van der Waals surface area contributed by atoms with Gasteiger partial charge < -0.3 is 10.6 Å². The SMILES string of the molecule is CN(c1ccccc1)c1ccc(N)c(C#N)n1. The number of anilines is 3. The number of nitrogens with zero attached hydrogens (tertiary/aromatic N) is 3. The Morgan fingerprint density at radius 3 is 2.53 bits per heavy atom. The zero-order valence-electron chi connectivity index (χ0n) is 9.46. The third-order valence-electron chi connectivity index (χ3n) is 2.50. The molecule has 0 bridgehead atoms. The van der Waals surface area contributed by atoms with E-state index in [1.165, 1.54) is 0 Å². The average molecular weight is 224 g/mol. The number of nitriles is 1. The maximum absolute atomic E-state index is 8.88. The molecule has 0 unspecified atom stereocenters. The topological polar surface area (TPSA) is 65.9 Å². The third kappa shape index (κ3) is 2.18. The van der Waals surface area contributed by atoms with Gasteiger partial charge in [-0.3, -0.25) is 0 Å². The number of nitrogens with two attached hydrogens (primary N) is 1. The lowest BCUT2D eigenvalue weighted by molar-refractivity contribution is 1.12. The van der Waals surface area contributed by atoms with Crippen LogP contribution in [-0.2, 0) is 0 Å². The van der Waals surface area contributed by atoms with Crippen LogP contribution in [0.5, 0.6) is 0 Å². The van der Waals surface area contributed by atoms with Crippen LogP contribution in [0, 0.1) is 11.3 Å². The van der Waals surface area contributed by atoms with E-state index in [2.05, 4.69) is 4.98 Å². The molecule has 4 heteroatoms. The van der Waals surface area contributed by atoms with Crippen LogP contribution < -0.4 is 10.6 Å². The average Bonchev–Trinajstić information content (AvgIpc) is 2.39. The first-order chi connectivity index (χ1) is 8.22. The maximum atomic E-state index is 8.88. The van der Waals surface area contributed by atoms with Crippen LogP contribution in [0.25, 0.3) is 0 Å². The van der Waals surface area contributed by atoms with E-state index in [-0.39, 0.29) is 5.69 Å². The molecule has 84 valence electrons. The Morgan fingerprint density at radius 1 is 1.18 bits per heavy atom. The Balaban J connectivity index is 2.39. The summed E-state index contributed by atoms with van der Waals surface area (Å²) in [5, 5.41) is 8.88. The Morgan fingerprint density at radius 2 is 1.88 bits per heavy atom. The highest BCUT2D eigenvalue weighted by Gasteiger charge is 2.07. The van der Waals surface area contributed by atoms with Crippen LogP contribution in [0.3, 0.4) is 0 Å². The second-order valence-electron chi connectivity index (χ2n) is 3.61. The predicted octanol–water partition coefficient (Wildman–Crippen LogP) is 2.30. The summed E-state index contributed by atoms with van der Waals surface area (Å²) in [6.45, 7) is 0. The molecular weight excluding hydrogens is 212 g/mol. The van der Waals surface area contributed by atoms with Gasteiger partial charge in [-0.25, -0.2) is 4.98 Å². The molecule has 0 aliphatic rings. The second-order valence-corrected chi connectivity index (χ2v) is 3.61. The number of hydrogen-bond donors (Lipinski definition) is 1. The molecule has 1 heterocycles. The Bertz CT molecular complexity index is 557. The molecule has 0 saturated carbocycles. The molecule has 2 N–H and O–H groups in total. The van der Waals surface area contributed by atoms with Gasteiger partial charge in [-0.05, 0) is 24.3 Å². The van der Waals surface area contributed by atoms with Gasteiger partial charge in [-0.2, -0.15) is 5.26 Å². The molecule has 0 fully saturated rings. The van der Waals surface area contributed by atoms with Crippen molar-refractivity contribution >= 4 is 17.2 Å². The van der Waals surface area contributed by atoms with Gasteiger partial charge in [-0.1, -0.05) is 18.2 Å². The van der Waals surface area contributed by atoms with Gasteiger partial charge in [0.25, 0.3) is 0 Å². The number of hydrogen-bond acceptors (Lipinski definition) is 4. The number of rotatable bonds is 2. The highest BCUT2D eigenvalue weighted by Crippen LogP contribution is 2.22.